The number of nitrogens with two attached hydrogens (primary N) is 1. The summed E-state index contributed by atoms with van der Waals surface area (Å²) in [5.74, 6) is 0. The van der Waals surface area contributed by atoms with Crippen LogP contribution in [-0.4, -0.2) is 8.76 Å². The number of benzene rings is 1. The average Bonchev–Trinajstić information content (AvgIpc) is 2.40. The fourth-order valence-corrected chi connectivity index (χ4v) is 0.676. The number of fused-ring (bicyclic) bond motifs is 1. The van der Waals surface area contributed by atoms with Gasteiger partial charge in [-0.25, -0.2) is 0 Å². The van der Waals surface area contributed by atoms with E-state index in [0.717, 1.165) is 0 Å². The third kappa shape index (κ3) is 2.26. The predicted octanol–water partition coefficient (Wildman–Crippen LogP) is 0.406. The van der Waals surface area contributed by atoms with Crippen molar-refractivity contribution in [3.8, 4) is 11.1 Å². The molecule has 0 saturated heterocycles. The number of rotatable bonds is 0. The second-order valence-electron chi connectivity index (χ2n) is 1.84. The predicted molar refractivity (Wildman–Crippen MR) is 38.5 cm³/mol. The van der Waals surface area contributed by atoms with E-state index in [-0.39, 0.29) is 0 Å². The normalized spacial score (nSPS) is 13.0. The van der Waals surface area contributed by atoms with Gasteiger partial charge in [-0.1, -0.05) is 18.2 Å². The molecule has 2 aliphatic carbocycles. The zero-order valence-corrected chi connectivity index (χ0v) is 5.93. The Kier molecular flexibility index (Phi) is 2.16. The van der Waals surface area contributed by atoms with E-state index in [9.17, 15) is 0 Å². The highest BCUT2D eigenvalue weighted by atomic mass is 32.2. The lowest BCUT2D eigenvalue weighted by Gasteiger charge is -1.85. The van der Waals surface area contributed by atoms with E-state index in [4.69, 9.17) is 8.76 Å². The Labute approximate surface area is 61.3 Å². The van der Waals surface area contributed by atoms with E-state index in [1.54, 1.807) is 0 Å². The first-order chi connectivity index (χ1) is 4.70. The maximum atomic E-state index is 8.78. The molecular weight excluding hydrogens is 150 g/mol. The van der Waals surface area contributed by atoms with Gasteiger partial charge in [0.1, 0.15) is 0 Å². The minimum Gasteiger partial charge on any atom is -0.760 e. The van der Waals surface area contributed by atoms with E-state index in [1.807, 2.05) is 0 Å². The fourth-order valence-electron chi connectivity index (χ4n) is 0.676. The quantitative estimate of drug-likeness (QED) is 0.561. The molecule has 0 aromatic heterocycles. The van der Waals surface area contributed by atoms with Crippen molar-refractivity contribution >= 4 is 11.3 Å². The van der Waals surface area contributed by atoms with Gasteiger partial charge in [0.05, 0.1) is 0 Å². The largest absolute Gasteiger partial charge is 0.760 e. The van der Waals surface area contributed by atoms with Crippen molar-refractivity contribution in [3.05, 3.63) is 24.3 Å². The lowest BCUT2D eigenvalue weighted by molar-refractivity contribution is 0.539. The summed E-state index contributed by atoms with van der Waals surface area (Å²) in [4.78, 5) is 0. The summed E-state index contributed by atoms with van der Waals surface area (Å²) in [6.07, 6.45) is 0. The molecule has 0 aromatic rings. The van der Waals surface area contributed by atoms with E-state index in [2.05, 4.69) is 29.4 Å². The minimum atomic E-state index is -2.36. The van der Waals surface area contributed by atoms with Crippen LogP contribution < -0.4 is 5.14 Å². The average molecular weight is 156 g/mol. The second-order valence-corrected chi connectivity index (χ2v) is 2.36. The highest BCUT2D eigenvalue weighted by molar-refractivity contribution is 7.76. The van der Waals surface area contributed by atoms with Gasteiger partial charge in [-0.15, -0.1) is 0 Å². The van der Waals surface area contributed by atoms with Crippen LogP contribution in [0.5, 0.6) is 0 Å². The van der Waals surface area contributed by atoms with Crippen LogP contribution in [0.1, 0.15) is 0 Å². The Morgan fingerprint density at radius 3 is 1.90 bits per heavy atom. The summed E-state index contributed by atoms with van der Waals surface area (Å²) in [5.41, 5.74) is 2.85. The molecule has 2 aliphatic rings. The van der Waals surface area contributed by atoms with Crippen molar-refractivity contribution in [2.24, 2.45) is 5.14 Å². The third-order valence-corrected chi connectivity index (χ3v) is 1.11. The van der Waals surface area contributed by atoms with Gasteiger partial charge < -0.3 is 4.55 Å². The second kappa shape index (κ2) is 2.92. The lowest BCUT2D eigenvalue weighted by atomic mass is 10.6. The van der Waals surface area contributed by atoms with Gasteiger partial charge in [0.25, 0.3) is 0 Å². The molecular formula is C6H6NO2S-. The summed E-state index contributed by atoms with van der Waals surface area (Å²) in [6, 6.07) is 8.48. The zero-order chi connectivity index (χ0) is 7.56. The zero-order valence-electron chi connectivity index (χ0n) is 5.11. The Bertz CT molecular complexity index is 240. The molecule has 54 valence electrons. The smallest absolute Gasteiger partial charge is 0.0152 e. The molecule has 0 radical (unpaired) electrons. The summed E-state index contributed by atoms with van der Waals surface area (Å²) in [6.45, 7) is 0. The molecule has 2 rings (SSSR count). The molecule has 0 heterocycles. The van der Waals surface area contributed by atoms with Gasteiger partial charge in [-0.3, -0.25) is 9.35 Å². The number of hydrogen-bond acceptors (Lipinski definition) is 2. The molecule has 0 bridgehead atoms. The van der Waals surface area contributed by atoms with Crippen molar-refractivity contribution in [3.63, 3.8) is 0 Å². The molecule has 10 heavy (non-hydrogen) atoms. The molecule has 0 spiro atoms. The third-order valence-electron chi connectivity index (χ3n) is 1.11. The molecule has 2 N–H and O–H groups in total. The van der Waals surface area contributed by atoms with Gasteiger partial charge >= 0.3 is 0 Å². The van der Waals surface area contributed by atoms with Crippen LogP contribution in [0.25, 0.3) is 11.1 Å². The van der Waals surface area contributed by atoms with Crippen LogP contribution in [0.4, 0.5) is 0 Å². The fraction of sp³-hybridized carbons (Fsp3) is 0. The van der Waals surface area contributed by atoms with Crippen LogP contribution in [0, 0.1) is 0 Å². The molecule has 1 unspecified atom stereocenters. The van der Waals surface area contributed by atoms with Gasteiger partial charge in [-0.2, -0.15) is 0 Å². The van der Waals surface area contributed by atoms with Crippen LogP contribution in [-0.2, 0) is 11.3 Å². The standard InChI is InChI=1S/C6H4.H3NO2S/c1-2-5-4-6(5)3-1;1-4(2)3/h1-4H;1H2,(H,2,3)/p-1. The molecule has 0 amide bonds. The van der Waals surface area contributed by atoms with E-state index >= 15 is 0 Å². The Balaban J connectivity index is 0.000000112. The Morgan fingerprint density at radius 2 is 1.80 bits per heavy atom. The van der Waals surface area contributed by atoms with Crippen molar-refractivity contribution in [1.82, 2.24) is 0 Å². The first kappa shape index (κ1) is 7.40. The monoisotopic (exact) mass is 156 g/mol. The maximum absolute atomic E-state index is 8.78. The summed E-state index contributed by atoms with van der Waals surface area (Å²) in [5, 5.41) is 4.03. The van der Waals surface area contributed by atoms with E-state index in [1.165, 1.54) is 11.1 Å². The highest BCUT2D eigenvalue weighted by Gasteiger charge is 2.06. The first-order valence-corrected chi connectivity index (χ1v) is 3.78. The minimum absolute atomic E-state index is 1.43. The van der Waals surface area contributed by atoms with Gasteiger partial charge in [0, 0.05) is 11.3 Å². The van der Waals surface area contributed by atoms with E-state index in [0.29, 0.717) is 0 Å². The molecule has 0 saturated carbocycles. The molecule has 4 heteroatoms. The van der Waals surface area contributed by atoms with Crippen molar-refractivity contribution in [2.45, 2.75) is 0 Å². The van der Waals surface area contributed by atoms with Crippen LogP contribution in [0.2, 0.25) is 0 Å². The summed E-state index contributed by atoms with van der Waals surface area (Å²) < 4.78 is 17.6. The van der Waals surface area contributed by atoms with Crippen molar-refractivity contribution < 1.29 is 8.76 Å². The van der Waals surface area contributed by atoms with Crippen LogP contribution >= 0.6 is 0 Å². The van der Waals surface area contributed by atoms with Gasteiger partial charge in [0.2, 0.25) is 0 Å². The SMILES string of the molecule is NS(=O)[O-].c1cc2cc-2c1. The van der Waals surface area contributed by atoms with Crippen molar-refractivity contribution in [1.29, 1.82) is 0 Å². The number of hydrogen-bond donors (Lipinski definition) is 1. The molecule has 0 fully saturated rings. The lowest BCUT2D eigenvalue weighted by Crippen LogP contribution is -1.97. The molecule has 0 aromatic carbocycles. The summed E-state index contributed by atoms with van der Waals surface area (Å²) in [7, 11) is 0. The molecule has 0 aliphatic heterocycles. The van der Waals surface area contributed by atoms with Crippen molar-refractivity contribution in [2.75, 3.05) is 0 Å². The topological polar surface area (TPSA) is 66.2 Å². The first-order valence-electron chi connectivity index (χ1n) is 2.64. The van der Waals surface area contributed by atoms with Crippen LogP contribution in [0.3, 0.4) is 0 Å². The molecule has 1 atom stereocenters. The summed E-state index contributed by atoms with van der Waals surface area (Å²) >= 11 is -2.36. The van der Waals surface area contributed by atoms with Crippen LogP contribution in [0.15, 0.2) is 24.3 Å². The Hall–Kier alpha value is -0.710. The van der Waals surface area contributed by atoms with Gasteiger partial charge in [-0.05, 0) is 17.2 Å². The Morgan fingerprint density at radius 1 is 1.40 bits per heavy atom. The van der Waals surface area contributed by atoms with Gasteiger partial charge in [0.15, 0.2) is 0 Å². The van der Waals surface area contributed by atoms with E-state index < -0.39 is 11.3 Å². The molecule has 3 nitrogen and oxygen atoms in total. The highest BCUT2D eigenvalue weighted by Crippen LogP contribution is 2.32. The maximum Gasteiger partial charge on any atom is 0.0152 e.